The quantitative estimate of drug-likeness (QED) is 0.543. The molecule has 1 aliphatic carbocycles. The maximum absolute atomic E-state index is 5.66. The zero-order valence-corrected chi connectivity index (χ0v) is 7.42. The molecule has 13 heavy (non-hydrogen) atoms. The Kier molecular flexibility index (Phi) is 1.63. The fourth-order valence-electron chi connectivity index (χ4n) is 2.15. The zero-order chi connectivity index (χ0) is 8.67. The Labute approximate surface area is 77.0 Å². The molecule has 0 aromatic rings. The highest BCUT2D eigenvalue weighted by atomic mass is 16.5. The molecule has 0 amide bonds. The largest absolute Gasteiger partial charge is 0.370 e. The Morgan fingerprint density at radius 3 is 3.54 bits per heavy atom. The van der Waals surface area contributed by atoms with E-state index in [4.69, 9.17) is 4.74 Å². The van der Waals surface area contributed by atoms with Crippen molar-refractivity contribution >= 4 is 5.71 Å². The highest BCUT2D eigenvalue weighted by Crippen LogP contribution is 2.26. The summed E-state index contributed by atoms with van der Waals surface area (Å²) in [4.78, 5) is 4.46. The van der Waals surface area contributed by atoms with Crippen LogP contribution in [0.3, 0.4) is 0 Å². The topological polar surface area (TPSA) is 45.6 Å². The van der Waals surface area contributed by atoms with E-state index in [-0.39, 0.29) is 6.10 Å². The first kappa shape index (κ1) is 7.53. The van der Waals surface area contributed by atoms with Gasteiger partial charge in [-0.25, -0.2) is 5.43 Å². The van der Waals surface area contributed by atoms with E-state index in [1.807, 2.05) is 0 Å². The number of nitrogens with one attached hydrogen (secondary N) is 2. The molecule has 2 unspecified atom stereocenters. The van der Waals surface area contributed by atoms with Crippen molar-refractivity contribution in [2.24, 2.45) is 10.9 Å². The van der Waals surface area contributed by atoms with Crippen LogP contribution in [0.1, 0.15) is 6.42 Å². The predicted molar refractivity (Wildman–Crippen MR) is 49.4 cm³/mol. The third kappa shape index (κ3) is 1.17. The molecule has 4 nitrogen and oxygen atoms in total. The molecule has 0 aromatic heterocycles. The van der Waals surface area contributed by atoms with Crippen LogP contribution in [-0.2, 0) is 4.74 Å². The van der Waals surface area contributed by atoms with E-state index >= 15 is 0 Å². The van der Waals surface area contributed by atoms with E-state index in [1.54, 1.807) is 0 Å². The fraction of sp³-hybridized carbons (Fsp3) is 0.667. The van der Waals surface area contributed by atoms with Crippen LogP contribution >= 0.6 is 0 Å². The van der Waals surface area contributed by atoms with Crippen LogP contribution in [0.4, 0.5) is 0 Å². The summed E-state index contributed by atoms with van der Waals surface area (Å²) < 4.78 is 5.66. The predicted octanol–water partition coefficient (Wildman–Crippen LogP) is -0.162. The van der Waals surface area contributed by atoms with Crippen LogP contribution in [0, 0.1) is 5.92 Å². The Morgan fingerprint density at radius 2 is 2.54 bits per heavy atom. The van der Waals surface area contributed by atoms with Gasteiger partial charge >= 0.3 is 0 Å². The molecule has 1 fully saturated rings. The first-order valence-electron chi connectivity index (χ1n) is 4.80. The van der Waals surface area contributed by atoms with Gasteiger partial charge in [0.1, 0.15) is 0 Å². The molecular formula is C9H13N3O. The molecule has 2 atom stereocenters. The van der Waals surface area contributed by atoms with Crippen molar-refractivity contribution in [1.82, 2.24) is 10.9 Å². The van der Waals surface area contributed by atoms with Gasteiger partial charge in [0.05, 0.1) is 25.0 Å². The van der Waals surface area contributed by atoms with Crippen LogP contribution in [0.15, 0.2) is 16.8 Å². The van der Waals surface area contributed by atoms with Crippen molar-refractivity contribution in [3.63, 3.8) is 0 Å². The lowest BCUT2D eigenvalue weighted by Gasteiger charge is -2.28. The van der Waals surface area contributed by atoms with E-state index in [1.165, 1.54) is 5.70 Å². The van der Waals surface area contributed by atoms with Gasteiger partial charge in [-0.1, -0.05) is 0 Å². The van der Waals surface area contributed by atoms with Gasteiger partial charge in [0.25, 0.3) is 0 Å². The van der Waals surface area contributed by atoms with Gasteiger partial charge in [-0.2, -0.15) is 0 Å². The zero-order valence-electron chi connectivity index (χ0n) is 7.42. The summed E-state index contributed by atoms with van der Waals surface area (Å²) in [7, 11) is 0. The Hall–Kier alpha value is -0.870. The van der Waals surface area contributed by atoms with Crippen molar-refractivity contribution in [2.45, 2.75) is 12.5 Å². The number of hydrogen-bond donors (Lipinski definition) is 2. The molecule has 0 radical (unpaired) electrons. The SMILES string of the molecule is C1=C2NNCC2CC2OCCN=C12. The second-order valence-corrected chi connectivity index (χ2v) is 3.70. The van der Waals surface area contributed by atoms with Crippen LogP contribution in [-0.4, -0.2) is 31.5 Å². The first-order valence-corrected chi connectivity index (χ1v) is 4.80. The normalized spacial score (nSPS) is 36.9. The van der Waals surface area contributed by atoms with Gasteiger partial charge in [-0.15, -0.1) is 0 Å². The molecule has 0 aromatic carbocycles. The van der Waals surface area contributed by atoms with Gasteiger partial charge in [0.2, 0.25) is 0 Å². The van der Waals surface area contributed by atoms with Crippen LogP contribution in [0.5, 0.6) is 0 Å². The van der Waals surface area contributed by atoms with E-state index < -0.39 is 0 Å². The Balaban J connectivity index is 1.94. The van der Waals surface area contributed by atoms with E-state index in [9.17, 15) is 0 Å². The molecule has 2 aliphatic heterocycles. The second-order valence-electron chi connectivity index (χ2n) is 3.70. The number of hydrazine groups is 1. The maximum Gasteiger partial charge on any atom is 0.0998 e. The van der Waals surface area contributed by atoms with Crippen molar-refractivity contribution in [3.8, 4) is 0 Å². The highest BCUT2D eigenvalue weighted by molar-refractivity contribution is 6.00. The van der Waals surface area contributed by atoms with Crippen LogP contribution in [0.2, 0.25) is 0 Å². The smallest absolute Gasteiger partial charge is 0.0998 e. The summed E-state index contributed by atoms with van der Waals surface area (Å²) in [5.41, 5.74) is 8.71. The lowest BCUT2D eigenvalue weighted by Crippen LogP contribution is -2.35. The van der Waals surface area contributed by atoms with E-state index in [0.717, 1.165) is 31.8 Å². The number of rotatable bonds is 0. The fourth-order valence-corrected chi connectivity index (χ4v) is 2.15. The minimum absolute atomic E-state index is 0.254. The average Bonchev–Trinajstić information content (AvgIpc) is 2.61. The van der Waals surface area contributed by atoms with Crippen molar-refractivity contribution in [2.75, 3.05) is 19.7 Å². The minimum atomic E-state index is 0.254. The number of hydrogen-bond acceptors (Lipinski definition) is 4. The standard InChI is InChI=1S/C9H13N3O/c1-2-13-9-3-6-5-11-12-7(6)4-8(9)10-1/h4,6,9,11-12H,1-3,5H2. The molecule has 0 bridgehead atoms. The van der Waals surface area contributed by atoms with E-state index in [0.29, 0.717) is 5.92 Å². The molecule has 0 spiro atoms. The molecule has 1 saturated heterocycles. The summed E-state index contributed by atoms with van der Waals surface area (Å²) in [5.74, 6) is 0.599. The van der Waals surface area contributed by atoms with E-state index in [2.05, 4.69) is 21.9 Å². The van der Waals surface area contributed by atoms with Gasteiger partial charge < -0.3 is 10.2 Å². The summed E-state index contributed by atoms with van der Waals surface area (Å²) >= 11 is 0. The molecule has 2 heterocycles. The number of fused-ring (bicyclic) bond motifs is 2. The van der Waals surface area contributed by atoms with Crippen LogP contribution < -0.4 is 10.9 Å². The van der Waals surface area contributed by atoms with Gasteiger partial charge in [0, 0.05) is 18.2 Å². The Morgan fingerprint density at radius 1 is 1.54 bits per heavy atom. The molecule has 70 valence electrons. The van der Waals surface area contributed by atoms with Gasteiger partial charge in [-0.05, 0) is 12.5 Å². The minimum Gasteiger partial charge on any atom is -0.370 e. The van der Waals surface area contributed by atoms with Crippen molar-refractivity contribution in [1.29, 1.82) is 0 Å². The Bertz CT molecular complexity index is 285. The maximum atomic E-state index is 5.66. The van der Waals surface area contributed by atoms with Crippen molar-refractivity contribution < 1.29 is 4.74 Å². The lowest BCUT2D eigenvalue weighted by molar-refractivity contribution is 0.0809. The second kappa shape index (κ2) is 2.82. The number of aliphatic imine (C=N–C) groups is 1. The van der Waals surface area contributed by atoms with Crippen molar-refractivity contribution in [3.05, 3.63) is 11.8 Å². The average molecular weight is 179 g/mol. The third-order valence-corrected chi connectivity index (χ3v) is 2.86. The summed E-state index contributed by atoms with van der Waals surface area (Å²) in [5, 5.41) is 0. The first-order chi connectivity index (χ1) is 6.43. The summed E-state index contributed by atoms with van der Waals surface area (Å²) in [6.07, 6.45) is 3.46. The van der Waals surface area contributed by atoms with Gasteiger partial charge in [-0.3, -0.25) is 4.99 Å². The van der Waals surface area contributed by atoms with Crippen LogP contribution in [0.25, 0.3) is 0 Å². The monoisotopic (exact) mass is 179 g/mol. The highest BCUT2D eigenvalue weighted by Gasteiger charge is 2.32. The molecule has 0 saturated carbocycles. The summed E-state index contributed by atoms with van der Waals surface area (Å²) in [6, 6.07) is 0. The molecule has 4 heteroatoms. The number of nitrogens with zero attached hydrogens (tertiary/aromatic N) is 1. The number of ether oxygens (including phenoxy) is 1. The third-order valence-electron chi connectivity index (χ3n) is 2.86. The molecule has 3 aliphatic rings. The molecule has 3 rings (SSSR count). The molecular weight excluding hydrogens is 166 g/mol. The molecule has 2 N–H and O–H groups in total. The van der Waals surface area contributed by atoms with Gasteiger partial charge in [0.15, 0.2) is 0 Å². The summed E-state index contributed by atoms with van der Waals surface area (Å²) in [6.45, 7) is 2.61. The lowest BCUT2D eigenvalue weighted by atomic mass is 9.90.